The number of hydrogen-bond acceptors (Lipinski definition) is 3. The van der Waals surface area contributed by atoms with Crippen molar-refractivity contribution in [3.05, 3.63) is 29.8 Å². The summed E-state index contributed by atoms with van der Waals surface area (Å²) in [5.74, 6) is 3.39. The maximum Gasteiger partial charge on any atom is 0.122 e. The minimum atomic E-state index is 0.561. The molecule has 0 radical (unpaired) electrons. The van der Waals surface area contributed by atoms with Crippen molar-refractivity contribution in [2.24, 2.45) is 11.8 Å². The monoisotopic (exact) mass is 258 g/mol. The second-order valence-corrected chi connectivity index (χ2v) is 6.32. The summed E-state index contributed by atoms with van der Waals surface area (Å²) in [4.78, 5) is 2.69. The van der Waals surface area contributed by atoms with Crippen molar-refractivity contribution in [1.82, 2.24) is 10.2 Å². The van der Waals surface area contributed by atoms with Gasteiger partial charge in [-0.15, -0.1) is 0 Å². The molecule has 2 fully saturated rings. The summed E-state index contributed by atoms with van der Waals surface area (Å²) < 4.78 is 5.81. The third kappa shape index (κ3) is 1.87. The van der Waals surface area contributed by atoms with E-state index in [1.165, 1.54) is 25.2 Å². The van der Waals surface area contributed by atoms with E-state index in [1.807, 2.05) is 0 Å². The van der Waals surface area contributed by atoms with Crippen LogP contribution in [-0.4, -0.2) is 43.7 Å². The standard InChI is InChI=1S/C16H22N2O/c1-11-15-7-17-6-12(15)8-18(11)9-13-10-19-16-5-3-2-4-14(13)16/h2-5,11-13,15,17H,6-10H2,1H3. The van der Waals surface area contributed by atoms with E-state index in [9.17, 15) is 0 Å². The summed E-state index contributed by atoms with van der Waals surface area (Å²) >= 11 is 0. The summed E-state index contributed by atoms with van der Waals surface area (Å²) in [6.07, 6.45) is 0. The Labute approximate surface area is 114 Å². The highest BCUT2D eigenvalue weighted by Crippen LogP contribution is 2.38. The van der Waals surface area contributed by atoms with E-state index in [1.54, 1.807) is 0 Å². The maximum absolute atomic E-state index is 5.81. The van der Waals surface area contributed by atoms with Gasteiger partial charge in [-0.05, 0) is 37.9 Å². The highest BCUT2D eigenvalue weighted by Gasteiger charge is 2.42. The van der Waals surface area contributed by atoms with Crippen LogP contribution < -0.4 is 10.1 Å². The molecular weight excluding hydrogens is 236 g/mol. The van der Waals surface area contributed by atoms with Gasteiger partial charge in [0.2, 0.25) is 0 Å². The van der Waals surface area contributed by atoms with Crippen molar-refractivity contribution in [2.75, 3.05) is 32.8 Å². The number of para-hydroxylation sites is 1. The molecule has 1 aromatic rings. The van der Waals surface area contributed by atoms with Crippen LogP contribution in [0, 0.1) is 11.8 Å². The minimum absolute atomic E-state index is 0.561. The summed E-state index contributed by atoms with van der Waals surface area (Å²) in [6, 6.07) is 9.24. The molecule has 3 heteroatoms. The van der Waals surface area contributed by atoms with Gasteiger partial charge in [0.25, 0.3) is 0 Å². The Bertz CT molecular complexity index is 476. The Balaban J connectivity index is 1.49. The number of likely N-dealkylation sites (tertiary alicyclic amines) is 1. The molecule has 3 aliphatic rings. The highest BCUT2D eigenvalue weighted by molar-refractivity contribution is 5.39. The molecule has 1 N–H and O–H groups in total. The van der Waals surface area contributed by atoms with Crippen LogP contribution in [-0.2, 0) is 0 Å². The lowest BCUT2D eigenvalue weighted by Crippen LogP contribution is -2.36. The molecule has 102 valence electrons. The van der Waals surface area contributed by atoms with Crippen LogP contribution in [0.1, 0.15) is 18.4 Å². The first-order valence-corrected chi connectivity index (χ1v) is 7.49. The number of rotatable bonds is 2. The third-order valence-corrected chi connectivity index (χ3v) is 5.31. The molecule has 1 aromatic carbocycles. The molecule has 0 saturated carbocycles. The molecule has 0 spiro atoms. The molecular formula is C16H22N2O. The average molecular weight is 258 g/mol. The number of fused-ring (bicyclic) bond motifs is 2. The fourth-order valence-electron chi connectivity index (χ4n) is 4.16. The smallest absolute Gasteiger partial charge is 0.122 e. The molecule has 4 unspecified atom stereocenters. The summed E-state index contributed by atoms with van der Waals surface area (Å²) in [5, 5.41) is 3.53. The summed E-state index contributed by atoms with van der Waals surface area (Å²) in [7, 11) is 0. The molecule has 4 rings (SSSR count). The number of benzene rings is 1. The maximum atomic E-state index is 5.81. The first-order chi connectivity index (χ1) is 9.33. The normalized spacial score (nSPS) is 37.1. The zero-order valence-corrected chi connectivity index (χ0v) is 11.5. The van der Waals surface area contributed by atoms with Gasteiger partial charge in [-0.25, -0.2) is 0 Å². The van der Waals surface area contributed by atoms with E-state index < -0.39 is 0 Å². The van der Waals surface area contributed by atoms with Crippen molar-refractivity contribution in [2.45, 2.75) is 18.9 Å². The van der Waals surface area contributed by atoms with Gasteiger partial charge >= 0.3 is 0 Å². The van der Waals surface area contributed by atoms with E-state index in [2.05, 4.69) is 41.4 Å². The van der Waals surface area contributed by atoms with Crippen LogP contribution in [0.5, 0.6) is 5.75 Å². The Morgan fingerprint density at radius 1 is 1.32 bits per heavy atom. The topological polar surface area (TPSA) is 24.5 Å². The zero-order valence-electron chi connectivity index (χ0n) is 11.5. The van der Waals surface area contributed by atoms with Crippen molar-refractivity contribution in [3.8, 4) is 5.75 Å². The molecule has 19 heavy (non-hydrogen) atoms. The first kappa shape index (κ1) is 11.7. The van der Waals surface area contributed by atoms with Crippen LogP contribution in [0.2, 0.25) is 0 Å². The van der Waals surface area contributed by atoms with Gasteiger partial charge in [-0.3, -0.25) is 4.90 Å². The molecule has 3 aliphatic heterocycles. The summed E-state index contributed by atoms with van der Waals surface area (Å²) in [5.41, 5.74) is 1.41. The lowest BCUT2D eigenvalue weighted by atomic mass is 9.95. The molecule has 0 aromatic heterocycles. The SMILES string of the molecule is CC1C2CNCC2CN1CC1COc2ccccc21. The zero-order chi connectivity index (χ0) is 12.8. The van der Waals surface area contributed by atoms with Crippen LogP contribution in [0.25, 0.3) is 0 Å². The number of ether oxygens (including phenoxy) is 1. The Morgan fingerprint density at radius 3 is 3.11 bits per heavy atom. The van der Waals surface area contributed by atoms with Gasteiger partial charge in [0.05, 0.1) is 6.61 Å². The van der Waals surface area contributed by atoms with Gasteiger partial charge in [0, 0.05) is 30.6 Å². The fourth-order valence-corrected chi connectivity index (χ4v) is 4.16. The number of hydrogen-bond donors (Lipinski definition) is 1. The molecule has 0 amide bonds. The van der Waals surface area contributed by atoms with Crippen molar-refractivity contribution >= 4 is 0 Å². The highest BCUT2D eigenvalue weighted by atomic mass is 16.5. The quantitative estimate of drug-likeness (QED) is 0.874. The number of nitrogens with one attached hydrogen (secondary N) is 1. The van der Waals surface area contributed by atoms with Gasteiger partial charge in [0.1, 0.15) is 5.75 Å². The lowest BCUT2D eigenvalue weighted by molar-refractivity contribution is 0.209. The predicted molar refractivity (Wildman–Crippen MR) is 75.6 cm³/mol. The predicted octanol–water partition coefficient (Wildman–Crippen LogP) is 1.70. The Morgan fingerprint density at radius 2 is 2.21 bits per heavy atom. The van der Waals surface area contributed by atoms with Gasteiger partial charge in [-0.2, -0.15) is 0 Å². The minimum Gasteiger partial charge on any atom is -0.493 e. The van der Waals surface area contributed by atoms with E-state index in [0.717, 1.165) is 30.7 Å². The van der Waals surface area contributed by atoms with Gasteiger partial charge in [-0.1, -0.05) is 18.2 Å². The molecule has 0 aliphatic carbocycles. The van der Waals surface area contributed by atoms with Crippen LogP contribution in [0.4, 0.5) is 0 Å². The van der Waals surface area contributed by atoms with Crippen LogP contribution in [0.15, 0.2) is 24.3 Å². The van der Waals surface area contributed by atoms with E-state index in [0.29, 0.717) is 12.0 Å². The van der Waals surface area contributed by atoms with E-state index in [4.69, 9.17) is 4.74 Å². The average Bonchev–Trinajstić information content (AvgIpc) is 3.10. The van der Waals surface area contributed by atoms with E-state index >= 15 is 0 Å². The van der Waals surface area contributed by atoms with Crippen molar-refractivity contribution < 1.29 is 4.74 Å². The Hall–Kier alpha value is -1.06. The molecule has 3 nitrogen and oxygen atoms in total. The first-order valence-electron chi connectivity index (χ1n) is 7.49. The van der Waals surface area contributed by atoms with Gasteiger partial charge in [0.15, 0.2) is 0 Å². The lowest BCUT2D eigenvalue weighted by Gasteiger charge is -2.26. The van der Waals surface area contributed by atoms with Crippen LogP contribution >= 0.6 is 0 Å². The molecule has 0 bridgehead atoms. The molecule has 3 heterocycles. The second kappa shape index (κ2) is 4.50. The van der Waals surface area contributed by atoms with E-state index in [-0.39, 0.29) is 0 Å². The second-order valence-electron chi connectivity index (χ2n) is 6.32. The molecule has 2 saturated heterocycles. The van der Waals surface area contributed by atoms with Crippen molar-refractivity contribution in [3.63, 3.8) is 0 Å². The van der Waals surface area contributed by atoms with Gasteiger partial charge < -0.3 is 10.1 Å². The fraction of sp³-hybridized carbons (Fsp3) is 0.625. The van der Waals surface area contributed by atoms with Crippen molar-refractivity contribution in [1.29, 1.82) is 0 Å². The third-order valence-electron chi connectivity index (χ3n) is 5.31. The Kier molecular flexibility index (Phi) is 2.78. The number of nitrogens with zero attached hydrogens (tertiary/aromatic N) is 1. The molecule has 4 atom stereocenters. The van der Waals surface area contributed by atoms with Crippen LogP contribution in [0.3, 0.4) is 0 Å². The largest absolute Gasteiger partial charge is 0.493 e. The summed E-state index contributed by atoms with van der Waals surface area (Å²) in [6.45, 7) is 8.10.